The molecule has 1 fully saturated rings. The largest absolute Gasteiger partial charge is 0.393 e. The van der Waals surface area contributed by atoms with Gasteiger partial charge in [-0.2, -0.15) is 0 Å². The van der Waals surface area contributed by atoms with Crippen LogP contribution in [0.25, 0.3) is 0 Å². The zero-order valence-corrected chi connectivity index (χ0v) is 8.97. The Hall–Kier alpha value is -0.640. The Kier molecular flexibility index (Phi) is 3.24. The van der Waals surface area contributed by atoms with Crippen molar-refractivity contribution >= 4 is 11.6 Å². The van der Waals surface area contributed by atoms with Crippen molar-refractivity contribution in [2.24, 2.45) is 0 Å². The van der Waals surface area contributed by atoms with Gasteiger partial charge in [0.05, 0.1) is 6.10 Å². The number of hydrogen-bond acceptors (Lipinski definition) is 2. The molecule has 1 aromatic carbocycles. The molecule has 2 nitrogen and oxygen atoms in total. The lowest BCUT2D eigenvalue weighted by molar-refractivity contribution is 0.0618. The molecular formula is C11H13ClFNO. The van der Waals surface area contributed by atoms with Gasteiger partial charge in [-0.25, -0.2) is 4.39 Å². The molecule has 1 aliphatic rings. The summed E-state index contributed by atoms with van der Waals surface area (Å²) < 4.78 is 13.3. The second kappa shape index (κ2) is 4.47. The number of aliphatic hydroxyl groups is 1. The summed E-state index contributed by atoms with van der Waals surface area (Å²) in [6, 6.07) is 4.83. The van der Waals surface area contributed by atoms with Gasteiger partial charge in [0.25, 0.3) is 0 Å². The van der Waals surface area contributed by atoms with Crippen LogP contribution in [-0.4, -0.2) is 17.3 Å². The summed E-state index contributed by atoms with van der Waals surface area (Å²) in [6.45, 7) is 0.462. The van der Waals surface area contributed by atoms with Gasteiger partial charge in [-0.15, -0.1) is 0 Å². The predicted molar refractivity (Wildman–Crippen MR) is 57.3 cm³/mol. The number of rotatable bonds is 3. The topological polar surface area (TPSA) is 32.3 Å². The maximum absolute atomic E-state index is 13.3. The summed E-state index contributed by atoms with van der Waals surface area (Å²) in [5.41, 5.74) is 0.573. The zero-order valence-electron chi connectivity index (χ0n) is 8.21. The van der Waals surface area contributed by atoms with Crippen molar-refractivity contribution in [3.63, 3.8) is 0 Å². The number of aliphatic hydroxyl groups excluding tert-OH is 1. The summed E-state index contributed by atoms with van der Waals surface area (Å²) in [5.74, 6) is -0.244. The molecule has 0 atom stereocenters. The summed E-state index contributed by atoms with van der Waals surface area (Å²) in [6.07, 6.45) is 1.32. The van der Waals surface area contributed by atoms with Gasteiger partial charge in [-0.05, 0) is 31.0 Å². The summed E-state index contributed by atoms with van der Waals surface area (Å²) in [5, 5.41) is 12.8. The highest BCUT2D eigenvalue weighted by Gasteiger charge is 2.26. The summed E-state index contributed by atoms with van der Waals surface area (Å²) in [7, 11) is 0. The lowest BCUT2D eigenvalue weighted by Gasteiger charge is -2.32. The maximum Gasteiger partial charge on any atom is 0.127 e. The second-order valence-corrected chi connectivity index (χ2v) is 4.38. The van der Waals surface area contributed by atoms with Crippen molar-refractivity contribution < 1.29 is 9.50 Å². The van der Waals surface area contributed by atoms with Crippen LogP contribution in [0.2, 0.25) is 5.02 Å². The molecule has 0 spiro atoms. The number of nitrogens with one attached hydrogen (secondary N) is 1. The lowest BCUT2D eigenvalue weighted by atomic mass is 9.89. The molecule has 82 valence electrons. The SMILES string of the molecule is OC1CC(NCc2cc(Cl)ccc2F)C1. The third-order valence-corrected chi connectivity index (χ3v) is 2.94. The average molecular weight is 230 g/mol. The van der Waals surface area contributed by atoms with E-state index in [0.29, 0.717) is 23.2 Å². The molecule has 0 amide bonds. The molecule has 0 saturated heterocycles. The van der Waals surface area contributed by atoms with Crippen LogP contribution in [0.1, 0.15) is 18.4 Å². The molecule has 0 bridgehead atoms. The minimum Gasteiger partial charge on any atom is -0.393 e. The van der Waals surface area contributed by atoms with E-state index in [1.807, 2.05) is 0 Å². The molecule has 0 aliphatic heterocycles. The van der Waals surface area contributed by atoms with Crippen molar-refractivity contribution in [3.8, 4) is 0 Å². The standard InChI is InChI=1S/C11H13ClFNO/c12-8-1-2-11(13)7(3-8)6-14-9-4-10(15)5-9/h1-3,9-10,14-15H,4-6H2. The Balaban J connectivity index is 1.90. The van der Waals surface area contributed by atoms with Crippen LogP contribution >= 0.6 is 11.6 Å². The van der Waals surface area contributed by atoms with E-state index >= 15 is 0 Å². The third-order valence-electron chi connectivity index (χ3n) is 2.70. The fourth-order valence-corrected chi connectivity index (χ4v) is 1.88. The van der Waals surface area contributed by atoms with Crippen LogP contribution < -0.4 is 5.32 Å². The molecule has 0 aromatic heterocycles. The van der Waals surface area contributed by atoms with Crippen LogP contribution in [0, 0.1) is 5.82 Å². The van der Waals surface area contributed by atoms with E-state index in [2.05, 4.69) is 5.32 Å². The third kappa shape index (κ3) is 2.68. The van der Waals surface area contributed by atoms with Crippen LogP contribution in [0.3, 0.4) is 0 Å². The predicted octanol–water partition coefficient (Wildman–Crippen LogP) is 2.09. The minimum atomic E-state index is -0.244. The maximum atomic E-state index is 13.3. The van der Waals surface area contributed by atoms with E-state index < -0.39 is 0 Å². The van der Waals surface area contributed by atoms with Crippen LogP contribution in [0.15, 0.2) is 18.2 Å². The lowest BCUT2D eigenvalue weighted by Crippen LogP contribution is -2.43. The molecule has 1 saturated carbocycles. The van der Waals surface area contributed by atoms with Crippen LogP contribution in [0.5, 0.6) is 0 Å². The van der Waals surface area contributed by atoms with Crippen LogP contribution in [0.4, 0.5) is 4.39 Å². The molecule has 1 aromatic rings. The van der Waals surface area contributed by atoms with Crippen molar-refractivity contribution in [3.05, 3.63) is 34.6 Å². The van der Waals surface area contributed by atoms with Crippen LogP contribution in [-0.2, 0) is 6.54 Å². The van der Waals surface area contributed by atoms with Crippen molar-refractivity contribution in [1.82, 2.24) is 5.32 Å². The molecule has 2 rings (SSSR count). The minimum absolute atomic E-state index is 0.188. The molecule has 1 aliphatic carbocycles. The van der Waals surface area contributed by atoms with Gasteiger partial charge in [0.1, 0.15) is 5.82 Å². The Morgan fingerprint density at radius 3 is 2.87 bits per heavy atom. The summed E-state index contributed by atoms with van der Waals surface area (Å²) >= 11 is 5.77. The van der Waals surface area contributed by atoms with E-state index in [0.717, 1.165) is 12.8 Å². The molecule has 0 radical (unpaired) electrons. The van der Waals surface area contributed by atoms with E-state index in [4.69, 9.17) is 16.7 Å². The van der Waals surface area contributed by atoms with Gasteiger partial charge in [-0.1, -0.05) is 11.6 Å². The normalized spacial score (nSPS) is 25.0. The van der Waals surface area contributed by atoms with Gasteiger partial charge in [-0.3, -0.25) is 0 Å². The Morgan fingerprint density at radius 1 is 1.47 bits per heavy atom. The van der Waals surface area contributed by atoms with Crippen molar-refractivity contribution in [1.29, 1.82) is 0 Å². The second-order valence-electron chi connectivity index (χ2n) is 3.94. The molecule has 15 heavy (non-hydrogen) atoms. The molecule has 2 N–H and O–H groups in total. The average Bonchev–Trinajstić information content (AvgIpc) is 2.16. The van der Waals surface area contributed by atoms with Gasteiger partial charge in [0, 0.05) is 23.2 Å². The first-order chi connectivity index (χ1) is 7.15. The summed E-state index contributed by atoms with van der Waals surface area (Å²) in [4.78, 5) is 0. The monoisotopic (exact) mass is 229 g/mol. The van der Waals surface area contributed by atoms with E-state index in [1.54, 1.807) is 6.07 Å². The Bertz CT molecular complexity index is 352. The Morgan fingerprint density at radius 2 is 2.20 bits per heavy atom. The Labute approximate surface area is 93.1 Å². The number of hydrogen-bond donors (Lipinski definition) is 2. The quantitative estimate of drug-likeness (QED) is 0.832. The van der Waals surface area contributed by atoms with Crippen molar-refractivity contribution in [2.45, 2.75) is 31.5 Å². The molecule has 0 unspecified atom stereocenters. The first-order valence-corrected chi connectivity index (χ1v) is 5.38. The highest BCUT2D eigenvalue weighted by molar-refractivity contribution is 6.30. The first-order valence-electron chi connectivity index (χ1n) is 5.00. The van der Waals surface area contributed by atoms with E-state index in [-0.39, 0.29) is 11.9 Å². The number of halogens is 2. The van der Waals surface area contributed by atoms with Gasteiger partial charge >= 0.3 is 0 Å². The fourth-order valence-electron chi connectivity index (χ4n) is 1.69. The smallest absolute Gasteiger partial charge is 0.127 e. The fraction of sp³-hybridized carbons (Fsp3) is 0.455. The van der Waals surface area contributed by atoms with Crippen molar-refractivity contribution in [2.75, 3.05) is 0 Å². The zero-order chi connectivity index (χ0) is 10.8. The van der Waals surface area contributed by atoms with E-state index in [1.165, 1.54) is 12.1 Å². The number of benzene rings is 1. The first kappa shape index (κ1) is 10.9. The van der Waals surface area contributed by atoms with Gasteiger partial charge in [0.2, 0.25) is 0 Å². The highest BCUT2D eigenvalue weighted by Crippen LogP contribution is 2.21. The molecule has 0 heterocycles. The van der Waals surface area contributed by atoms with E-state index in [9.17, 15) is 4.39 Å². The highest BCUT2D eigenvalue weighted by atomic mass is 35.5. The van der Waals surface area contributed by atoms with Gasteiger partial charge < -0.3 is 10.4 Å². The molecule has 4 heteroatoms. The van der Waals surface area contributed by atoms with Gasteiger partial charge in [0.15, 0.2) is 0 Å². The molecular weight excluding hydrogens is 217 g/mol.